The first kappa shape index (κ1) is 18.8. The Hall–Kier alpha value is -3.00. The molecule has 0 spiro atoms. The molecule has 0 bridgehead atoms. The van der Waals surface area contributed by atoms with Crippen molar-refractivity contribution in [2.75, 3.05) is 45.3 Å². The minimum absolute atomic E-state index is 0.0461. The fourth-order valence-corrected chi connectivity index (χ4v) is 3.31. The molecule has 0 aromatic heterocycles. The first-order valence-corrected chi connectivity index (χ1v) is 8.68. The van der Waals surface area contributed by atoms with Crippen molar-refractivity contribution in [3.05, 3.63) is 52.1 Å². The zero-order valence-electron chi connectivity index (χ0n) is 15.4. The molecule has 3 rings (SSSR count). The fraction of sp³-hybridized carbons (Fsp3) is 0.368. The Bertz CT molecular complexity index is 819. The monoisotopic (exact) mass is 373 g/mol. The van der Waals surface area contributed by atoms with E-state index >= 15 is 0 Å². The summed E-state index contributed by atoms with van der Waals surface area (Å²) in [5.74, 6) is 0.911. The van der Waals surface area contributed by atoms with E-state index in [1.54, 1.807) is 7.11 Å². The van der Waals surface area contributed by atoms with Gasteiger partial charge in [0.1, 0.15) is 5.75 Å². The van der Waals surface area contributed by atoms with Crippen LogP contribution in [0.2, 0.25) is 0 Å². The number of benzene rings is 2. The summed E-state index contributed by atoms with van der Waals surface area (Å²) in [6.07, 6.45) is 0. The third-order valence-electron chi connectivity index (χ3n) is 4.76. The van der Waals surface area contributed by atoms with Crippen molar-refractivity contribution in [2.24, 2.45) is 0 Å². The molecule has 8 nitrogen and oxygen atoms in total. The Morgan fingerprint density at radius 1 is 1.07 bits per heavy atom. The number of aromatic hydroxyl groups is 1. The van der Waals surface area contributed by atoms with Gasteiger partial charge in [0, 0.05) is 44.4 Å². The number of phenols is 1. The highest BCUT2D eigenvalue weighted by molar-refractivity contribution is 5.58. The Morgan fingerprint density at radius 2 is 1.74 bits per heavy atom. The molecular weight excluding hydrogens is 350 g/mol. The summed E-state index contributed by atoms with van der Waals surface area (Å²) in [6, 6.07) is 10.5. The number of ether oxygens (including phenoxy) is 2. The van der Waals surface area contributed by atoms with Gasteiger partial charge in [-0.2, -0.15) is 0 Å². The molecule has 8 heteroatoms. The minimum Gasteiger partial charge on any atom is -0.504 e. The highest BCUT2D eigenvalue weighted by atomic mass is 16.6. The second-order valence-electron chi connectivity index (χ2n) is 6.35. The number of methoxy groups -OCH3 is 2. The molecule has 0 radical (unpaired) electrons. The van der Waals surface area contributed by atoms with Gasteiger partial charge in [0.05, 0.1) is 30.9 Å². The van der Waals surface area contributed by atoms with Gasteiger partial charge < -0.3 is 19.5 Å². The molecule has 2 aromatic rings. The largest absolute Gasteiger partial charge is 0.504 e. The summed E-state index contributed by atoms with van der Waals surface area (Å²) in [4.78, 5) is 15.1. The van der Waals surface area contributed by atoms with Crippen LogP contribution >= 0.6 is 0 Å². The molecule has 1 fully saturated rings. The van der Waals surface area contributed by atoms with E-state index in [1.807, 2.05) is 24.3 Å². The molecule has 1 aliphatic heterocycles. The average Bonchev–Trinajstić information content (AvgIpc) is 2.70. The zero-order valence-corrected chi connectivity index (χ0v) is 15.4. The van der Waals surface area contributed by atoms with E-state index in [-0.39, 0.29) is 17.2 Å². The number of hydrogen-bond acceptors (Lipinski definition) is 7. The van der Waals surface area contributed by atoms with Crippen LogP contribution in [0.1, 0.15) is 5.56 Å². The van der Waals surface area contributed by atoms with Gasteiger partial charge in [-0.3, -0.25) is 15.0 Å². The van der Waals surface area contributed by atoms with Gasteiger partial charge >= 0.3 is 0 Å². The lowest BCUT2D eigenvalue weighted by atomic mass is 10.1. The summed E-state index contributed by atoms with van der Waals surface area (Å²) in [5, 5.41) is 21.4. The standard InChI is InChI=1S/C19H23N3O5/c1-26-17-6-4-3-5-16(17)21-9-7-20(8-10-21)13-14-11-15(22(24)25)12-18(27-2)19(14)23/h3-6,11-12,23H,7-10,13H2,1-2H3. The van der Waals surface area contributed by atoms with Gasteiger partial charge in [0.25, 0.3) is 5.69 Å². The zero-order chi connectivity index (χ0) is 19.4. The van der Waals surface area contributed by atoms with Gasteiger partial charge in [-0.15, -0.1) is 0 Å². The third-order valence-corrected chi connectivity index (χ3v) is 4.76. The van der Waals surface area contributed by atoms with Crippen LogP contribution in [-0.2, 0) is 6.54 Å². The van der Waals surface area contributed by atoms with E-state index in [0.29, 0.717) is 12.1 Å². The first-order valence-electron chi connectivity index (χ1n) is 8.68. The van der Waals surface area contributed by atoms with Crippen molar-refractivity contribution in [2.45, 2.75) is 6.54 Å². The summed E-state index contributed by atoms with van der Waals surface area (Å²) in [5.41, 5.74) is 1.46. The van der Waals surface area contributed by atoms with Gasteiger partial charge in [-0.05, 0) is 12.1 Å². The Kier molecular flexibility index (Phi) is 5.66. The molecule has 1 N–H and O–H groups in total. The third kappa shape index (κ3) is 4.06. The van der Waals surface area contributed by atoms with E-state index in [2.05, 4.69) is 9.80 Å². The molecule has 0 aliphatic carbocycles. The highest BCUT2D eigenvalue weighted by Gasteiger charge is 2.23. The van der Waals surface area contributed by atoms with Gasteiger partial charge in [-0.1, -0.05) is 12.1 Å². The second-order valence-corrected chi connectivity index (χ2v) is 6.35. The topological polar surface area (TPSA) is 88.3 Å². The Morgan fingerprint density at radius 3 is 2.37 bits per heavy atom. The van der Waals surface area contributed by atoms with Crippen molar-refractivity contribution >= 4 is 11.4 Å². The van der Waals surface area contributed by atoms with Crippen LogP contribution in [0.4, 0.5) is 11.4 Å². The summed E-state index contributed by atoms with van der Waals surface area (Å²) in [7, 11) is 3.04. The van der Waals surface area contributed by atoms with Crippen LogP contribution in [0.25, 0.3) is 0 Å². The molecule has 0 atom stereocenters. The molecule has 27 heavy (non-hydrogen) atoms. The molecule has 144 valence electrons. The number of non-ortho nitro benzene ring substituents is 1. The molecular formula is C19H23N3O5. The number of nitro benzene ring substituents is 1. The minimum atomic E-state index is -0.481. The van der Waals surface area contributed by atoms with Crippen molar-refractivity contribution in [3.8, 4) is 17.2 Å². The number of anilines is 1. The van der Waals surface area contributed by atoms with Gasteiger partial charge in [0.2, 0.25) is 0 Å². The predicted molar refractivity (Wildman–Crippen MR) is 102 cm³/mol. The smallest absolute Gasteiger partial charge is 0.273 e. The number of phenolic OH excluding ortho intramolecular Hbond substituents is 1. The van der Waals surface area contributed by atoms with Crippen molar-refractivity contribution < 1.29 is 19.5 Å². The number of hydrogen-bond donors (Lipinski definition) is 1. The fourth-order valence-electron chi connectivity index (χ4n) is 3.31. The molecule has 1 saturated heterocycles. The summed E-state index contributed by atoms with van der Waals surface area (Å²) in [6.45, 7) is 3.55. The molecule has 1 aliphatic rings. The first-order chi connectivity index (χ1) is 13.0. The second kappa shape index (κ2) is 8.13. The number of para-hydroxylation sites is 2. The van der Waals surface area contributed by atoms with Crippen LogP contribution in [-0.4, -0.2) is 55.3 Å². The molecule has 0 unspecified atom stereocenters. The number of nitro groups is 1. The van der Waals surface area contributed by atoms with Gasteiger partial charge in [-0.25, -0.2) is 0 Å². The van der Waals surface area contributed by atoms with E-state index < -0.39 is 4.92 Å². The Balaban J connectivity index is 1.71. The van der Waals surface area contributed by atoms with E-state index in [9.17, 15) is 15.2 Å². The number of rotatable bonds is 6. The summed E-state index contributed by atoms with van der Waals surface area (Å²) < 4.78 is 10.5. The predicted octanol–water partition coefficient (Wildman–Crippen LogP) is 2.64. The average molecular weight is 373 g/mol. The quantitative estimate of drug-likeness (QED) is 0.615. The maximum Gasteiger partial charge on any atom is 0.273 e. The lowest BCUT2D eigenvalue weighted by molar-refractivity contribution is -0.385. The van der Waals surface area contributed by atoms with Crippen LogP contribution < -0.4 is 14.4 Å². The van der Waals surface area contributed by atoms with Crippen molar-refractivity contribution in [3.63, 3.8) is 0 Å². The molecule has 2 aromatic carbocycles. The maximum absolute atomic E-state index is 11.1. The van der Waals surface area contributed by atoms with Crippen LogP contribution in [0, 0.1) is 10.1 Å². The highest BCUT2D eigenvalue weighted by Crippen LogP contribution is 2.35. The van der Waals surface area contributed by atoms with Gasteiger partial charge in [0.15, 0.2) is 11.5 Å². The van der Waals surface area contributed by atoms with E-state index in [1.165, 1.54) is 19.2 Å². The number of nitrogens with zero attached hydrogens (tertiary/aromatic N) is 3. The van der Waals surface area contributed by atoms with Crippen LogP contribution in [0.5, 0.6) is 17.2 Å². The van der Waals surface area contributed by atoms with Crippen molar-refractivity contribution in [1.29, 1.82) is 0 Å². The molecule has 0 amide bonds. The van der Waals surface area contributed by atoms with Crippen LogP contribution in [0.3, 0.4) is 0 Å². The normalized spacial score (nSPS) is 14.8. The Labute approximate surface area is 157 Å². The van der Waals surface area contributed by atoms with E-state index in [0.717, 1.165) is 37.6 Å². The number of piperazine rings is 1. The summed E-state index contributed by atoms with van der Waals surface area (Å²) >= 11 is 0. The lowest BCUT2D eigenvalue weighted by Crippen LogP contribution is -2.46. The van der Waals surface area contributed by atoms with Crippen molar-refractivity contribution in [1.82, 2.24) is 4.90 Å². The molecule has 1 heterocycles. The van der Waals surface area contributed by atoms with E-state index in [4.69, 9.17) is 9.47 Å². The molecule has 0 saturated carbocycles. The van der Waals surface area contributed by atoms with Crippen LogP contribution in [0.15, 0.2) is 36.4 Å². The maximum atomic E-state index is 11.1. The lowest BCUT2D eigenvalue weighted by Gasteiger charge is -2.36. The SMILES string of the molecule is COc1ccccc1N1CCN(Cc2cc([N+](=O)[O-])cc(OC)c2O)CC1.